The summed E-state index contributed by atoms with van der Waals surface area (Å²) >= 11 is 2.10. The van der Waals surface area contributed by atoms with Gasteiger partial charge in [-0.05, 0) is 44.9 Å². The van der Waals surface area contributed by atoms with Crippen molar-refractivity contribution in [3.05, 3.63) is 0 Å². The lowest BCUT2D eigenvalue weighted by molar-refractivity contribution is 0.0583. The zero-order chi connectivity index (χ0) is 11.7. The van der Waals surface area contributed by atoms with Gasteiger partial charge in [-0.1, -0.05) is 6.42 Å². The fourth-order valence-electron chi connectivity index (χ4n) is 4.01. The maximum atomic E-state index is 2.83. The van der Waals surface area contributed by atoms with Crippen molar-refractivity contribution < 1.29 is 0 Å². The van der Waals surface area contributed by atoms with Crippen molar-refractivity contribution in [3.8, 4) is 0 Å². The van der Waals surface area contributed by atoms with Gasteiger partial charge >= 0.3 is 0 Å². The van der Waals surface area contributed by atoms with E-state index in [1.165, 1.54) is 64.7 Å². The van der Waals surface area contributed by atoms with Crippen LogP contribution in [0.3, 0.4) is 0 Å². The number of piperazine rings is 1. The first kappa shape index (κ1) is 12.3. The first-order chi connectivity index (χ1) is 8.36. The third-order valence-electron chi connectivity index (χ3n) is 5.07. The molecule has 3 fully saturated rings. The second-order valence-electron chi connectivity index (χ2n) is 6.01. The molecule has 3 unspecified atom stereocenters. The van der Waals surface area contributed by atoms with E-state index in [0.717, 1.165) is 17.3 Å². The lowest BCUT2D eigenvalue weighted by Crippen LogP contribution is -2.54. The fourth-order valence-corrected chi connectivity index (χ4v) is 4.83. The second-order valence-corrected chi connectivity index (χ2v) is 7.14. The van der Waals surface area contributed by atoms with Crippen molar-refractivity contribution in [1.82, 2.24) is 9.80 Å². The summed E-state index contributed by atoms with van der Waals surface area (Å²) in [6.45, 7) is 5.41. The summed E-state index contributed by atoms with van der Waals surface area (Å²) in [4.78, 5) is 5.56. The Kier molecular flexibility index (Phi) is 3.98. The van der Waals surface area contributed by atoms with E-state index >= 15 is 0 Å². The summed E-state index contributed by atoms with van der Waals surface area (Å²) in [5.74, 6) is 0. The summed E-state index contributed by atoms with van der Waals surface area (Å²) < 4.78 is 0. The van der Waals surface area contributed by atoms with Crippen molar-refractivity contribution in [2.45, 2.75) is 55.9 Å². The van der Waals surface area contributed by atoms with Crippen molar-refractivity contribution in [2.24, 2.45) is 0 Å². The van der Waals surface area contributed by atoms with Gasteiger partial charge in [0.25, 0.3) is 0 Å². The van der Waals surface area contributed by atoms with Gasteiger partial charge in [0, 0.05) is 37.0 Å². The van der Waals surface area contributed by atoms with Crippen molar-refractivity contribution in [1.29, 1.82) is 0 Å². The molecule has 3 aliphatic rings. The van der Waals surface area contributed by atoms with Crippen molar-refractivity contribution in [3.63, 3.8) is 0 Å². The van der Waals surface area contributed by atoms with Crippen LogP contribution in [-0.2, 0) is 0 Å². The van der Waals surface area contributed by atoms with Gasteiger partial charge in [-0.3, -0.25) is 9.80 Å². The van der Waals surface area contributed by atoms with E-state index in [4.69, 9.17) is 0 Å². The second kappa shape index (κ2) is 5.50. The highest BCUT2D eigenvalue weighted by atomic mass is 32.2. The predicted molar refractivity (Wildman–Crippen MR) is 75.7 cm³/mol. The molecule has 3 heteroatoms. The van der Waals surface area contributed by atoms with E-state index in [0.29, 0.717) is 0 Å². The molecule has 0 bridgehead atoms. The molecule has 2 nitrogen and oxygen atoms in total. The molecule has 0 spiro atoms. The van der Waals surface area contributed by atoms with Crippen LogP contribution in [0.5, 0.6) is 0 Å². The van der Waals surface area contributed by atoms with E-state index < -0.39 is 0 Å². The maximum absolute atomic E-state index is 2.83. The van der Waals surface area contributed by atoms with Crippen LogP contribution in [0.2, 0.25) is 0 Å². The Morgan fingerprint density at radius 2 is 1.71 bits per heavy atom. The lowest BCUT2D eigenvalue weighted by atomic mass is 9.92. The monoisotopic (exact) mass is 254 g/mol. The maximum Gasteiger partial charge on any atom is 0.0224 e. The molecule has 98 valence electrons. The molecule has 0 amide bonds. The molecule has 1 aliphatic carbocycles. The largest absolute Gasteiger partial charge is 0.298 e. The van der Waals surface area contributed by atoms with Crippen LogP contribution in [-0.4, -0.2) is 59.6 Å². The fraction of sp³-hybridized carbons (Fsp3) is 1.00. The molecule has 0 aromatic carbocycles. The summed E-state index contributed by atoms with van der Waals surface area (Å²) in [6.07, 6.45) is 11.0. The van der Waals surface area contributed by atoms with Gasteiger partial charge in [-0.25, -0.2) is 0 Å². The highest BCUT2D eigenvalue weighted by Gasteiger charge is 2.34. The van der Waals surface area contributed by atoms with Gasteiger partial charge in [0.1, 0.15) is 0 Å². The first-order valence-electron chi connectivity index (χ1n) is 7.37. The summed E-state index contributed by atoms with van der Waals surface area (Å²) in [6, 6.07) is 1.81. The lowest BCUT2D eigenvalue weighted by Gasteiger charge is -2.44. The standard InChI is InChI=1S/C14H26N2S/c1-17-14-6-2-4-12(10-14)16-9-8-15-7-3-5-13(15)11-16/h12-14H,2-11H2,1H3. The summed E-state index contributed by atoms with van der Waals surface area (Å²) in [7, 11) is 0. The SMILES string of the molecule is CSC1CCCC(N2CCN3CCCC3C2)C1. The Morgan fingerprint density at radius 1 is 0.882 bits per heavy atom. The van der Waals surface area contributed by atoms with Gasteiger partial charge in [0.15, 0.2) is 0 Å². The molecule has 2 heterocycles. The summed E-state index contributed by atoms with van der Waals surface area (Å²) in [5.41, 5.74) is 0. The third kappa shape index (κ3) is 2.66. The highest BCUT2D eigenvalue weighted by molar-refractivity contribution is 7.99. The van der Waals surface area contributed by atoms with Gasteiger partial charge < -0.3 is 0 Å². The van der Waals surface area contributed by atoms with Crippen LogP contribution in [0.4, 0.5) is 0 Å². The number of rotatable bonds is 2. The molecule has 0 aromatic rings. The van der Waals surface area contributed by atoms with E-state index in [1.54, 1.807) is 0 Å². The highest BCUT2D eigenvalue weighted by Crippen LogP contribution is 2.32. The predicted octanol–water partition coefficient (Wildman–Crippen LogP) is 2.44. The smallest absolute Gasteiger partial charge is 0.0224 e. The molecule has 3 rings (SSSR count). The summed E-state index contributed by atoms with van der Waals surface area (Å²) in [5, 5.41) is 0.940. The quantitative estimate of drug-likeness (QED) is 0.747. The molecule has 17 heavy (non-hydrogen) atoms. The molecule has 0 N–H and O–H groups in total. The Hall–Kier alpha value is 0.270. The first-order valence-corrected chi connectivity index (χ1v) is 8.66. The van der Waals surface area contributed by atoms with Gasteiger partial charge in [-0.15, -0.1) is 0 Å². The average Bonchev–Trinajstić information content (AvgIpc) is 2.86. The van der Waals surface area contributed by atoms with Crippen LogP contribution in [0.25, 0.3) is 0 Å². The molecule has 1 saturated carbocycles. The van der Waals surface area contributed by atoms with E-state index in [-0.39, 0.29) is 0 Å². The normalized spacial score (nSPS) is 40.4. The van der Waals surface area contributed by atoms with Gasteiger partial charge in [0.05, 0.1) is 0 Å². The zero-order valence-electron chi connectivity index (χ0n) is 11.1. The van der Waals surface area contributed by atoms with Crippen LogP contribution in [0.15, 0.2) is 0 Å². The number of fused-ring (bicyclic) bond motifs is 1. The number of hydrogen-bond acceptors (Lipinski definition) is 3. The van der Waals surface area contributed by atoms with Crippen molar-refractivity contribution >= 4 is 11.8 Å². The molecular weight excluding hydrogens is 228 g/mol. The molecule has 3 atom stereocenters. The third-order valence-corrected chi connectivity index (χ3v) is 6.16. The van der Waals surface area contributed by atoms with Gasteiger partial charge in [0.2, 0.25) is 0 Å². The van der Waals surface area contributed by atoms with Crippen LogP contribution in [0.1, 0.15) is 38.5 Å². The Labute approximate surface area is 110 Å². The minimum Gasteiger partial charge on any atom is -0.298 e. The Morgan fingerprint density at radius 3 is 2.59 bits per heavy atom. The van der Waals surface area contributed by atoms with Gasteiger partial charge in [-0.2, -0.15) is 11.8 Å². The number of thioether (sulfide) groups is 1. The van der Waals surface area contributed by atoms with E-state index in [1.807, 2.05) is 0 Å². The molecule has 2 saturated heterocycles. The number of hydrogen-bond donors (Lipinski definition) is 0. The zero-order valence-corrected chi connectivity index (χ0v) is 11.9. The average molecular weight is 254 g/mol. The minimum atomic E-state index is 0.901. The number of nitrogens with zero attached hydrogens (tertiary/aromatic N) is 2. The van der Waals surface area contributed by atoms with E-state index in [9.17, 15) is 0 Å². The van der Waals surface area contributed by atoms with Crippen LogP contribution >= 0.6 is 11.8 Å². The minimum absolute atomic E-state index is 0.901. The van der Waals surface area contributed by atoms with Crippen LogP contribution in [0, 0.1) is 0 Å². The molecular formula is C14H26N2S. The van der Waals surface area contributed by atoms with Crippen molar-refractivity contribution in [2.75, 3.05) is 32.4 Å². The Bertz CT molecular complexity index is 259. The van der Waals surface area contributed by atoms with E-state index in [2.05, 4.69) is 27.8 Å². The Balaban J connectivity index is 1.57. The molecule has 2 aliphatic heterocycles. The topological polar surface area (TPSA) is 6.48 Å². The molecule has 0 radical (unpaired) electrons. The molecule has 0 aromatic heterocycles. The van der Waals surface area contributed by atoms with Crippen LogP contribution < -0.4 is 0 Å².